The van der Waals surface area contributed by atoms with Crippen LogP contribution in [0, 0.1) is 0 Å². The van der Waals surface area contributed by atoms with Crippen molar-refractivity contribution in [3.05, 3.63) is 42.4 Å². The smallest absolute Gasteiger partial charge is 0.241 e. The van der Waals surface area contributed by atoms with Crippen LogP contribution in [0.25, 0.3) is 11.3 Å². The SMILES string of the molecule is COCC(N)C(=O)N1CCN(Cc2ncc(-c3ccccc3)o2)CC1. The number of rotatable bonds is 6. The van der Waals surface area contributed by atoms with Crippen LogP contribution in [0.2, 0.25) is 0 Å². The number of benzene rings is 1. The average Bonchev–Trinajstić information content (AvgIpc) is 3.11. The van der Waals surface area contributed by atoms with Crippen LogP contribution in [0.4, 0.5) is 0 Å². The van der Waals surface area contributed by atoms with Crippen molar-refractivity contribution in [2.45, 2.75) is 12.6 Å². The molecule has 1 atom stereocenters. The lowest BCUT2D eigenvalue weighted by atomic mass is 10.2. The number of nitrogens with two attached hydrogens (primary N) is 1. The molecule has 1 fully saturated rings. The molecule has 2 heterocycles. The Hall–Kier alpha value is -2.22. The van der Waals surface area contributed by atoms with Crippen molar-refractivity contribution in [2.24, 2.45) is 5.73 Å². The Morgan fingerprint density at radius 2 is 2.00 bits per heavy atom. The second kappa shape index (κ2) is 8.24. The molecule has 1 aliphatic heterocycles. The fraction of sp³-hybridized carbons (Fsp3) is 0.444. The molecule has 0 bridgehead atoms. The Morgan fingerprint density at radius 3 is 2.68 bits per heavy atom. The van der Waals surface area contributed by atoms with Crippen molar-refractivity contribution < 1.29 is 13.9 Å². The van der Waals surface area contributed by atoms with E-state index in [0.29, 0.717) is 25.5 Å². The summed E-state index contributed by atoms with van der Waals surface area (Å²) in [6, 6.07) is 9.33. The largest absolute Gasteiger partial charge is 0.439 e. The van der Waals surface area contributed by atoms with E-state index in [4.69, 9.17) is 14.9 Å². The van der Waals surface area contributed by atoms with E-state index in [0.717, 1.165) is 24.4 Å². The highest BCUT2D eigenvalue weighted by Gasteiger charge is 2.25. The summed E-state index contributed by atoms with van der Waals surface area (Å²) in [6.45, 7) is 3.74. The van der Waals surface area contributed by atoms with E-state index in [1.54, 1.807) is 18.2 Å². The molecule has 0 spiro atoms. The maximum Gasteiger partial charge on any atom is 0.241 e. The highest BCUT2D eigenvalue weighted by Crippen LogP contribution is 2.20. The maximum atomic E-state index is 12.2. The Labute approximate surface area is 147 Å². The summed E-state index contributed by atoms with van der Waals surface area (Å²) in [5.41, 5.74) is 6.84. The Kier molecular flexibility index (Phi) is 5.80. The second-order valence-corrected chi connectivity index (χ2v) is 6.15. The number of carbonyl (C=O) groups excluding carboxylic acids is 1. The van der Waals surface area contributed by atoms with E-state index in [-0.39, 0.29) is 12.5 Å². The van der Waals surface area contributed by atoms with Gasteiger partial charge in [-0.1, -0.05) is 30.3 Å². The molecule has 0 aliphatic carbocycles. The molecular weight excluding hydrogens is 320 g/mol. The van der Waals surface area contributed by atoms with Gasteiger partial charge in [0.1, 0.15) is 6.04 Å². The number of amides is 1. The topological polar surface area (TPSA) is 84.8 Å². The minimum absolute atomic E-state index is 0.0519. The van der Waals surface area contributed by atoms with Gasteiger partial charge in [0.25, 0.3) is 0 Å². The third kappa shape index (κ3) is 4.45. The first-order chi connectivity index (χ1) is 12.2. The molecule has 1 unspecified atom stereocenters. The zero-order valence-corrected chi connectivity index (χ0v) is 14.4. The van der Waals surface area contributed by atoms with Crippen LogP contribution in [-0.2, 0) is 16.1 Å². The van der Waals surface area contributed by atoms with Gasteiger partial charge in [-0.05, 0) is 0 Å². The summed E-state index contributed by atoms with van der Waals surface area (Å²) in [5.74, 6) is 1.41. The Balaban J connectivity index is 1.51. The van der Waals surface area contributed by atoms with Crippen molar-refractivity contribution in [1.82, 2.24) is 14.8 Å². The van der Waals surface area contributed by atoms with Gasteiger partial charge in [0, 0.05) is 38.9 Å². The lowest BCUT2D eigenvalue weighted by Crippen LogP contribution is -2.53. The second-order valence-electron chi connectivity index (χ2n) is 6.15. The van der Waals surface area contributed by atoms with Gasteiger partial charge in [-0.3, -0.25) is 9.69 Å². The third-order valence-electron chi connectivity index (χ3n) is 4.32. The quantitative estimate of drug-likeness (QED) is 0.840. The predicted octanol–water partition coefficient (Wildman–Crippen LogP) is 0.960. The summed E-state index contributed by atoms with van der Waals surface area (Å²) in [7, 11) is 1.55. The predicted molar refractivity (Wildman–Crippen MR) is 93.6 cm³/mol. The molecule has 7 heteroatoms. The van der Waals surface area contributed by atoms with Crippen LogP contribution >= 0.6 is 0 Å². The van der Waals surface area contributed by atoms with Crippen molar-refractivity contribution in [3.8, 4) is 11.3 Å². The molecule has 0 saturated carbocycles. The molecule has 25 heavy (non-hydrogen) atoms. The first-order valence-electron chi connectivity index (χ1n) is 8.43. The number of carbonyl (C=O) groups is 1. The highest BCUT2D eigenvalue weighted by atomic mass is 16.5. The van der Waals surface area contributed by atoms with Gasteiger partial charge >= 0.3 is 0 Å². The first kappa shape index (κ1) is 17.6. The maximum absolute atomic E-state index is 12.2. The van der Waals surface area contributed by atoms with E-state index < -0.39 is 6.04 Å². The normalized spacial score (nSPS) is 16.8. The van der Waals surface area contributed by atoms with Crippen molar-refractivity contribution >= 4 is 5.91 Å². The van der Waals surface area contributed by atoms with E-state index in [9.17, 15) is 4.79 Å². The van der Waals surface area contributed by atoms with Crippen LogP contribution in [0.15, 0.2) is 40.9 Å². The highest BCUT2D eigenvalue weighted by molar-refractivity contribution is 5.81. The van der Waals surface area contributed by atoms with Gasteiger partial charge < -0.3 is 19.8 Å². The lowest BCUT2D eigenvalue weighted by Gasteiger charge is -2.35. The van der Waals surface area contributed by atoms with Gasteiger partial charge in [0.05, 0.1) is 19.3 Å². The molecule has 1 aromatic heterocycles. The third-order valence-corrected chi connectivity index (χ3v) is 4.32. The number of ether oxygens (including phenoxy) is 1. The number of oxazole rings is 1. The standard InChI is InChI=1S/C18H24N4O3/c1-24-13-15(19)18(23)22-9-7-21(8-10-22)12-17-20-11-16(25-17)14-5-3-2-4-6-14/h2-6,11,15H,7-10,12-13,19H2,1H3. The van der Waals surface area contributed by atoms with E-state index in [1.165, 1.54) is 0 Å². The minimum atomic E-state index is -0.586. The molecule has 0 radical (unpaired) electrons. The fourth-order valence-corrected chi connectivity index (χ4v) is 2.92. The van der Waals surface area contributed by atoms with Crippen LogP contribution in [0.3, 0.4) is 0 Å². The number of piperazine rings is 1. The molecule has 134 valence electrons. The average molecular weight is 344 g/mol. The molecule has 3 rings (SSSR count). The van der Waals surface area contributed by atoms with Gasteiger partial charge in [0.2, 0.25) is 11.8 Å². The summed E-state index contributed by atoms with van der Waals surface area (Å²) in [6.07, 6.45) is 1.76. The molecule has 1 aromatic carbocycles. The monoisotopic (exact) mass is 344 g/mol. The number of nitrogens with zero attached hydrogens (tertiary/aromatic N) is 3. The van der Waals surface area contributed by atoms with Crippen LogP contribution in [0.1, 0.15) is 5.89 Å². The zero-order valence-electron chi connectivity index (χ0n) is 14.4. The van der Waals surface area contributed by atoms with E-state index >= 15 is 0 Å². The molecule has 1 saturated heterocycles. The van der Waals surface area contributed by atoms with Crippen LogP contribution in [-0.4, -0.2) is 66.6 Å². The number of hydrogen-bond acceptors (Lipinski definition) is 6. The van der Waals surface area contributed by atoms with Crippen LogP contribution in [0.5, 0.6) is 0 Å². The van der Waals surface area contributed by atoms with Gasteiger partial charge in [-0.2, -0.15) is 0 Å². The summed E-state index contributed by atoms with van der Waals surface area (Å²) < 4.78 is 10.8. The Morgan fingerprint density at radius 1 is 1.28 bits per heavy atom. The van der Waals surface area contributed by atoms with Gasteiger partial charge in [0.15, 0.2) is 5.76 Å². The number of aromatic nitrogens is 1. The minimum Gasteiger partial charge on any atom is -0.439 e. The van der Waals surface area contributed by atoms with E-state index in [1.807, 2.05) is 30.3 Å². The summed E-state index contributed by atoms with van der Waals surface area (Å²) in [5, 5.41) is 0. The first-order valence-corrected chi connectivity index (χ1v) is 8.43. The zero-order chi connectivity index (χ0) is 17.6. The van der Waals surface area contributed by atoms with Crippen molar-refractivity contribution in [2.75, 3.05) is 39.9 Å². The van der Waals surface area contributed by atoms with Gasteiger partial charge in [-0.25, -0.2) is 4.98 Å². The molecule has 1 amide bonds. The Bertz CT molecular complexity index is 681. The summed E-state index contributed by atoms with van der Waals surface area (Å²) >= 11 is 0. The molecule has 1 aliphatic rings. The van der Waals surface area contributed by atoms with Crippen LogP contribution < -0.4 is 5.73 Å². The summed E-state index contributed by atoms with van der Waals surface area (Å²) in [4.78, 5) is 20.6. The lowest BCUT2D eigenvalue weighted by molar-refractivity contribution is -0.135. The molecule has 2 aromatic rings. The number of methoxy groups -OCH3 is 1. The van der Waals surface area contributed by atoms with Crippen molar-refractivity contribution in [3.63, 3.8) is 0 Å². The van der Waals surface area contributed by atoms with Crippen molar-refractivity contribution in [1.29, 1.82) is 0 Å². The fourth-order valence-electron chi connectivity index (χ4n) is 2.92. The van der Waals surface area contributed by atoms with Gasteiger partial charge in [-0.15, -0.1) is 0 Å². The molecule has 2 N–H and O–H groups in total. The molecule has 7 nitrogen and oxygen atoms in total. The van der Waals surface area contributed by atoms with E-state index in [2.05, 4.69) is 9.88 Å². The molecular formula is C18H24N4O3. The number of hydrogen-bond donors (Lipinski definition) is 1.